The standard InChI is InChI=1S/C8H24O8Si8/c1-17-9-18(2)11-20(4)13-22(6)15-24(8)16-23(7)14-21(5)12-19(3)10-17/h1-8H3. The first kappa shape index (κ1) is 23.5. The molecule has 0 saturated carbocycles. The molecule has 24 heavy (non-hydrogen) atoms. The van der Waals surface area contributed by atoms with Crippen LogP contribution in [0, 0.1) is 0 Å². The fourth-order valence-corrected chi connectivity index (χ4v) is 19.1. The monoisotopic (exact) mass is 472 g/mol. The molecule has 8 nitrogen and oxygen atoms in total. The summed E-state index contributed by atoms with van der Waals surface area (Å²) in [6, 6.07) is 0. The Hall–Kier alpha value is 1.42. The molecule has 1 saturated heterocycles. The van der Waals surface area contributed by atoms with Crippen LogP contribution in [0.5, 0.6) is 0 Å². The van der Waals surface area contributed by atoms with Gasteiger partial charge in [-0.1, -0.05) is 0 Å². The van der Waals surface area contributed by atoms with E-state index in [-0.39, 0.29) is 0 Å². The summed E-state index contributed by atoms with van der Waals surface area (Å²) in [6.07, 6.45) is 0. The van der Waals surface area contributed by atoms with Crippen LogP contribution in [-0.4, -0.2) is 74.3 Å². The first-order valence-corrected chi connectivity index (χ1v) is 21.8. The molecule has 136 valence electrons. The number of hydrogen-bond acceptors (Lipinski definition) is 8. The lowest BCUT2D eigenvalue weighted by Crippen LogP contribution is -2.44. The molecule has 0 bridgehead atoms. The Morgan fingerprint density at radius 2 is 0.333 bits per heavy atom. The molecule has 0 spiro atoms. The Morgan fingerprint density at radius 3 is 0.417 bits per heavy atom. The second-order valence-corrected chi connectivity index (χ2v) is 19.1. The summed E-state index contributed by atoms with van der Waals surface area (Å²) in [4.78, 5) is 0. The summed E-state index contributed by atoms with van der Waals surface area (Å²) in [6.45, 7) is 15.6. The largest absolute Gasteiger partial charge is 0.414 e. The molecule has 0 unspecified atom stereocenters. The topological polar surface area (TPSA) is 73.8 Å². The third-order valence-electron chi connectivity index (χ3n) is 2.30. The van der Waals surface area contributed by atoms with E-state index in [4.69, 9.17) is 32.9 Å². The fraction of sp³-hybridized carbons (Fsp3) is 1.00. The van der Waals surface area contributed by atoms with Crippen molar-refractivity contribution in [3.63, 3.8) is 0 Å². The molecule has 8 radical (unpaired) electrons. The van der Waals surface area contributed by atoms with Gasteiger partial charge in [0, 0.05) is 0 Å². The van der Waals surface area contributed by atoms with E-state index in [1.807, 2.05) is 52.4 Å². The van der Waals surface area contributed by atoms with Crippen molar-refractivity contribution in [3.8, 4) is 0 Å². The van der Waals surface area contributed by atoms with E-state index in [0.29, 0.717) is 0 Å². The molecular formula is C8H24O8Si8. The van der Waals surface area contributed by atoms with E-state index in [9.17, 15) is 0 Å². The summed E-state index contributed by atoms with van der Waals surface area (Å²) in [7, 11) is -11.3. The first-order valence-electron chi connectivity index (χ1n) is 7.27. The normalized spacial score (nSPS) is 27.0. The van der Waals surface area contributed by atoms with Crippen LogP contribution in [0.2, 0.25) is 52.4 Å². The van der Waals surface area contributed by atoms with Gasteiger partial charge in [-0.05, 0) is 52.4 Å². The van der Waals surface area contributed by atoms with Crippen molar-refractivity contribution in [2.75, 3.05) is 0 Å². The van der Waals surface area contributed by atoms with Gasteiger partial charge >= 0.3 is 74.3 Å². The Morgan fingerprint density at radius 1 is 0.250 bits per heavy atom. The Labute approximate surface area is 159 Å². The Balaban J connectivity index is 2.68. The van der Waals surface area contributed by atoms with Crippen LogP contribution in [-0.2, 0) is 32.9 Å². The molecule has 0 aliphatic carbocycles. The summed E-state index contributed by atoms with van der Waals surface area (Å²) < 4.78 is 47.1. The van der Waals surface area contributed by atoms with Gasteiger partial charge in [0.15, 0.2) is 0 Å². The molecule has 1 aliphatic heterocycles. The van der Waals surface area contributed by atoms with Crippen LogP contribution in [0.15, 0.2) is 0 Å². The summed E-state index contributed by atoms with van der Waals surface area (Å²) >= 11 is 0. The molecule has 0 N–H and O–H groups in total. The highest BCUT2D eigenvalue weighted by atomic mass is 28.5. The predicted octanol–water partition coefficient (Wildman–Crippen LogP) is 1.08. The van der Waals surface area contributed by atoms with Crippen molar-refractivity contribution in [2.45, 2.75) is 52.4 Å². The maximum absolute atomic E-state index is 5.88. The van der Waals surface area contributed by atoms with Crippen molar-refractivity contribution < 1.29 is 32.9 Å². The van der Waals surface area contributed by atoms with Crippen molar-refractivity contribution in [1.82, 2.24) is 0 Å². The molecule has 0 amide bonds. The van der Waals surface area contributed by atoms with E-state index in [0.717, 1.165) is 0 Å². The molecule has 16 heteroatoms. The van der Waals surface area contributed by atoms with Crippen molar-refractivity contribution >= 4 is 74.3 Å². The average Bonchev–Trinajstić information content (AvgIpc) is 2.34. The van der Waals surface area contributed by atoms with Gasteiger partial charge in [0.1, 0.15) is 0 Å². The van der Waals surface area contributed by atoms with Crippen LogP contribution < -0.4 is 0 Å². The van der Waals surface area contributed by atoms with Gasteiger partial charge in [-0.15, -0.1) is 0 Å². The second kappa shape index (κ2) is 12.0. The minimum absolute atomic E-state index is 1.41. The Bertz CT molecular complexity index is 246. The van der Waals surface area contributed by atoms with Gasteiger partial charge in [0.05, 0.1) is 0 Å². The minimum atomic E-state index is -1.41. The molecule has 0 atom stereocenters. The van der Waals surface area contributed by atoms with Gasteiger partial charge in [0.2, 0.25) is 0 Å². The van der Waals surface area contributed by atoms with Gasteiger partial charge in [-0.2, -0.15) is 0 Å². The molecule has 1 fully saturated rings. The lowest BCUT2D eigenvalue weighted by atomic mass is 11.9. The quantitative estimate of drug-likeness (QED) is 0.485. The highest BCUT2D eigenvalue weighted by Crippen LogP contribution is 2.07. The first-order chi connectivity index (χ1) is 11.2. The van der Waals surface area contributed by atoms with E-state index < -0.39 is 74.3 Å². The maximum Gasteiger partial charge on any atom is 0.362 e. The van der Waals surface area contributed by atoms with E-state index in [1.54, 1.807) is 0 Å². The highest BCUT2D eigenvalue weighted by Gasteiger charge is 2.30. The average molecular weight is 473 g/mol. The van der Waals surface area contributed by atoms with Gasteiger partial charge < -0.3 is 32.9 Å². The van der Waals surface area contributed by atoms with Crippen LogP contribution in [0.25, 0.3) is 0 Å². The summed E-state index contributed by atoms with van der Waals surface area (Å²) in [5, 5.41) is 0. The van der Waals surface area contributed by atoms with Crippen LogP contribution in [0.1, 0.15) is 0 Å². The lowest BCUT2D eigenvalue weighted by molar-refractivity contribution is 0.297. The molecule has 1 aliphatic rings. The number of rotatable bonds is 0. The fourth-order valence-electron chi connectivity index (χ4n) is 1.79. The third kappa shape index (κ3) is 10.5. The summed E-state index contributed by atoms with van der Waals surface area (Å²) in [5.74, 6) is 0. The zero-order valence-electron chi connectivity index (χ0n) is 15.3. The zero-order chi connectivity index (χ0) is 18.3. The SMILES string of the molecule is C[Si]1O[Si](C)O[Si](C)O[Si](C)O[Si](C)O[Si](C)O[Si](C)O[Si](C)O1. The third-order valence-corrected chi connectivity index (χ3v) is 20.7. The maximum atomic E-state index is 5.88. The van der Waals surface area contributed by atoms with Gasteiger partial charge in [-0.25, -0.2) is 0 Å². The van der Waals surface area contributed by atoms with Gasteiger partial charge in [-0.3, -0.25) is 0 Å². The van der Waals surface area contributed by atoms with Crippen LogP contribution >= 0.6 is 0 Å². The molecule has 1 rings (SSSR count). The van der Waals surface area contributed by atoms with E-state index >= 15 is 0 Å². The second-order valence-electron chi connectivity index (χ2n) is 4.75. The zero-order valence-corrected chi connectivity index (χ0v) is 23.3. The van der Waals surface area contributed by atoms with E-state index in [2.05, 4.69) is 0 Å². The van der Waals surface area contributed by atoms with Crippen LogP contribution in [0.3, 0.4) is 0 Å². The van der Waals surface area contributed by atoms with Crippen molar-refractivity contribution in [3.05, 3.63) is 0 Å². The van der Waals surface area contributed by atoms with E-state index in [1.165, 1.54) is 0 Å². The van der Waals surface area contributed by atoms with Crippen molar-refractivity contribution in [2.24, 2.45) is 0 Å². The van der Waals surface area contributed by atoms with Crippen molar-refractivity contribution in [1.29, 1.82) is 0 Å². The summed E-state index contributed by atoms with van der Waals surface area (Å²) in [5.41, 5.74) is 0. The van der Waals surface area contributed by atoms with Gasteiger partial charge in [0.25, 0.3) is 0 Å². The minimum Gasteiger partial charge on any atom is -0.414 e. The molecule has 0 aromatic rings. The smallest absolute Gasteiger partial charge is 0.362 e. The molecule has 0 aromatic heterocycles. The molecule has 0 aromatic carbocycles. The van der Waals surface area contributed by atoms with Crippen LogP contribution in [0.4, 0.5) is 0 Å². The Kier molecular flexibility index (Phi) is 11.7. The predicted molar refractivity (Wildman–Crippen MR) is 102 cm³/mol. The number of hydrogen-bond donors (Lipinski definition) is 0. The molecule has 1 heterocycles. The molecular weight excluding hydrogens is 449 g/mol. The lowest BCUT2D eigenvalue weighted by Gasteiger charge is -2.25. The highest BCUT2D eigenvalue weighted by molar-refractivity contribution is 6.73.